The first-order chi connectivity index (χ1) is 16.4. The molecule has 35 heavy (non-hydrogen) atoms. The van der Waals surface area contributed by atoms with Crippen LogP contribution in [-0.2, 0) is 13.1 Å². The smallest absolute Gasteiger partial charge is 0 e. The van der Waals surface area contributed by atoms with Crippen molar-refractivity contribution in [1.82, 2.24) is 0 Å². The second-order valence-electron chi connectivity index (χ2n) is 11.4. The average molecular weight is 615 g/mol. The zero-order chi connectivity index (χ0) is 26.3. The summed E-state index contributed by atoms with van der Waals surface area (Å²) in [5.41, 5.74) is 0. The van der Waals surface area contributed by atoms with Gasteiger partial charge in [0.15, 0.2) is 0 Å². The molecule has 0 aromatic rings. The van der Waals surface area contributed by atoms with Crippen LogP contribution >= 0.6 is 43.7 Å². The van der Waals surface area contributed by atoms with Gasteiger partial charge in [-0.25, -0.2) is 0 Å². The molecule has 0 radical (unpaired) electrons. The van der Waals surface area contributed by atoms with Gasteiger partial charge in [-0.2, -0.15) is 74.4 Å². The summed E-state index contributed by atoms with van der Waals surface area (Å²) in [6, 6.07) is 1.56. The number of fused-ring (bicyclic) bond motifs is 1. The van der Waals surface area contributed by atoms with Crippen LogP contribution in [-0.4, -0.2) is 83.9 Å². The molecule has 2 rings (SSSR count). The van der Waals surface area contributed by atoms with Gasteiger partial charge in [0.1, 0.15) is 0 Å². The molecular formula is C25H54Cl2MnN5S2-5. The summed E-state index contributed by atoms with van der Waals surface area (Å²) >= 11 is 4.01. The largest absolute Gasteiger partial charge is 0 e. The van der Waals surface area contributed by atoms with E-state index >= 15 is 0 Å². The van der Waals surface area contributed by atoms with Crippen LogP contribution in [0, 0.1) is 0 Å². The summed E-state index contributed by atoms with van der Waals surface area (Å²) in [6.07, 6.45) is 4.92. The average Bonchev–Trinajstić information content (AvgIpc) is 2.77. The van der Waals surface area contributed by atoms with Gasteiger partial charge in [0.25, 0.3) is 0 Å². The van der Waals surface area contributed by atoms with Gasteiger partial charge in [0.05, 0.1) is 0 Å². The topological polar surface area (TPSA) is 70.5 Å². The number of nitrogens with zero attached hydrogens (tertiary/aromatic N) is 5. The first kappa shape index (κ1) is 34.6. The van der Waals surface area contributed by atoms with E-state index in [9.17, 15) is 0 Å². The van der Waals surface area contributed by atoms with Crippen LogP contribution in [0.3, 0.4) is 0 Å². The maximum atomic E-state index is 5.21. The van der Waals surface area contributed by atoms with Crippen LogP contribution in [0.2, 0.25) is 0 Å². The van der Waals surface area contributed by atoms with Crippen molar-refractivity contribution in [3.63, 3.8) is 0 Å². The van der Waals surface area contributed by atoms with Gasteiger partial charge in [-0.05, 0) is 11.5 Å². The fourth-order valence-electron chi connectivity index (χ4n) is 3.93. The Morgan fingerprint density at radius 3 is 1.60 bits per heavy atom. The molecule has 1 saturated carbocycles. The van der Waals surface area contributed by atoms with Gasteiger partial charge in [0.2, 0.25) is 0 Å². The van der Waals surface area contributed by atoms with Crippen LogP contribution in [0.25, 0.3) is 26.6 Å². The second kappa shape index (κ2) is 18.8. The summed E-state index contributed by atoms with van der Waals surface area (Å²) in [6.45, 7) is 20.0. The van der Waals surface area contributed by atoms with Crippen molar-refractivity contribution >= 4 is 43.7 Å². The molecule has 0 aromatic carbocycles. The normalized spacial score (nSPS) is 30.3. The Morgan fingerprint density at radius 1 is 0.714 bits per heavy atom. The molecule has 1 heterocycles. The molecule has 1 aliphatic heterocycles. The van der Waals surface area contributed by atoms with Crippen LogP contribution < -0.4 is 0 Å². The first-order valence-electron chi connectivity index (χ1n) is 12.9. The third-order valence-corrected chi connectivity index (χ3v) is 8.60. The van der Waals surface area contributed by atoms with Crippen LogP contribution in [0.15, 0.2) is 0 Å². The van der Waals surface area contributed by atoms with E-state index in [0.717, 1.165) is 44.2 Å². The predicted molar refractivity (Wildman–Crippen MR) is 167 cm³/mol. The molecular weight excluding hydrogens is 560 g/mol. The third kappa shape index (κ3) is 18.5. The Bertz CT molecular complexity index is 552. The van der Waals surface area contributed by atoms with Crippen molar-refractivity contribution in [3.8, 4) is 0 Å². The molecule has 0 amide bonds. The van der Waals surface area contributed by atoms with Gasteiger partial charge < -0.3 is 26.6 Å². The zero-order valence-electron chi connectivity index (χ0n) is 22.9. The van der Waals surface area contributed by atoms with Crippen LogP contribution in [0.5, 0.6) is 0 Å². The first-order valence-corrected chi connectivity index (χ1v) is 18.1. The van der Waals surface area contributed by atoms with E-state index in [1.165, 1.54) is 25.7 Å². The van der Waals surface area contributed by atoms with E-state index in [2.05, 4.69) is 48.5 Å². The third-order valence-electron chi connectivity index (χ3n) is 5.77. The summed E-state index contributed by atoms with van der Waals surface area (Å²) < 4.78 is 0.516. The van der Waals surface area contributed by atoms with Crippen molar-refractivity contribution < 1.29 is 17.4 Å². The Morgan fingerprint density at radius 2 is 1.14 bits per heavy atom. The number of thioether (sulfide) groups is 2. The standard InChI is InChI=1S/C25H48N5S2.2ClH.Mn.3H2/c1-19-14-28-21(18-32-25(5,6)7)16-30-23-11-9-8-10-22(23)29-15-20(27-13-12-26-19)17-31-24(2,3)4;;;;;;/h19-23H,8-18H2,1-7H3;2*1H;;3*1H/q-5;;;+2;;;/p-2/t19-,20-,21-,22-,23-;;;;;;/m1....../s1. The van der Waals surface area contributed by atoms with Gasteiger partial charge in [-0.3, -0.25) is 0 Å². The summed E-state index contributed by atoms with van der Waals surface area (Å²) in [4.78, 5) is 0. The molecule has 5 nitrogen and oxygen atoms in total. The minimum Gasteiger partial charge on any atom is 0 e. The molecule has 0 unspecified atom stereocenters. The maximum absolute atomic E-state index is 5.21. The molecule has 217 valence electrons. The Hall–Kier alpha value is 1.60. The molecule has 1 saturated heterocycles. The molecule has 10 heteroatoms. The molecule has 0 bridgehead atoms. The van der Waals surface area contributed by atoms with E-state index in [1.807, 2.05) is 23.5 Å². The Kier molecular flexibility index (Phi) is 18.6. The molecule has 1 aliphatic carbocycles. The predicted octanol–water partition coefficient (Wildman–Crippen LogP) is 9.48. The zero-order valence-corrected chi connectivity index (χ0v) is 27.2. The fraction of sp³-hybridized carbons (Fsp3) is 1.00. The molecule has 2 aliphatic rings. The van der Waals surface area contributed by atoms with E-state index in [0.29, 0.717) is 12.1 Å². The summed E-state index contributed by atoms with van der Waals surface area (Å²) in [7, 11) is 9.59. The van der Waals surface area contributed by atoms with Gasteiger partial charge >= 0.3 is 33.3 Å². The minimum absolute atomic E-state index is 0. The van der Waals surface area contributed by atoms with E-state index in [1.54, 1.807) is 0 Å². The quantitative estimate of drug-likeness (QED) is 0.296. The number of hydrogen-bond acceptors (Lipinski definition) is 2. The van der Waals surface area contributed by atoms with Gasteiger partial charge in [-0.1, -0.05) is 74.1 Å². The number of rotatable bonds is 4. The fourth-order valence-corrected chi connectivity index (χ4v) is 5.73. The van der Waals surface area contributed by atoms with Crippen molar-refractivity contribution in [3.05, 3.63) is 26.6 Å². The Balaban J connectivity index is -0.00000194. The van der Waals surface area contributed by atoms with Gasteiger partial charge in [-0.15, -0.1) is 12.1 Å². The van der Waals surface area contributed by atoms with Crippen molar-refractivity contribution in [2.75, 3.05) is 44.2 Å². The monoisotopic (exact) mass is 613 g/mol. The van der Waals surface area contributed by atoms with E-state index in [-0.39, 0.29) is 45.0 Å². The van der Waals surface area contributed by atoms with E-state index in [4.69, 9.17) is 46.8 Å². The molecule has 5 atom stereocenters. The molecule has 0 N–H and O–H groups in total. The molecule has 0 aromatic heterocycles. The summed E-state index contributed by atoms with van der Waals surface area (Å²) in [5, 5.41) is 25.3. The summed E-state index contributed by atoms with van der Waals surface area (Å²) in [5.74, 6) is 2.08. The SMILES string of the molecule is C[C@@H]1C[N-][C@@H](CSC(C)(C)C)C[N-][C@@H]2CCCC[C@H]2[N-]C[C@H](CSC(C)(C)C)[N-]CC[N-]1.[Cl][Mn][Cl].[HH].[HH].[HH]. The van der Waals surface area contributed by atoms with Crippen LogP contribution in [0.1, 0.15) is 78.4 Å². The number of hydrogen-bond donors (Lipinski definition) is 0. The second-order valence-corrected chi connectivity index (χ2v) is 17.0. The minimum atomic E-state index is 0. The van der Waals surface area contributed by atoms with Crippen molar-refractivity contribution in [2.45, 2.75) is 114 Å². The maximum Gasteiger partial charge on any atom is 0 e. The molecule has 0 spiro atoms. The molecule has 2 fully saturated rings. The number of halogens is 2. The van der Waals surface area contributed by atoms with Gasteiger partial charge in [0, 0.05) is 13.8 Å². The Labute approximate surface area is 244 Å². The van der Waals surface area contributed by atoms with Crippen molar-refractivity contribution in [2.24, 2.45) is 0 Å². The van der Waals surface area contributed by atoms with Crippen molar-refractivity contribution in [1.29, 1.82) is 0 Å². The van der Waals surface area contributed by atoms with E-state index < -0.39 is 0 Å². The van der Waals surface area contributed by atoms with Crippen LogP contribution in [0.4, 0.5) is 0 Å².